The van der Waals surface area contributed by atoms with Gasteiger partial charge in [-0.25, -0.2) is 0 Å². The Morgan fingerprint density at radius 1 is 1.57 bits per heavy atom. The summed E-state index contributed by atoms with van der Waals surface area (Å²) in [6.45, 7) is 2.79. The predicted octanol–water partition coefficient (Wildman–Crippen LogP) is 1.77. The molecule has 0 N–H and O–H groups in total. The molecule has 1 amide bonds. The van der Waals surface area contributed by atoms with Crippen LogP contribution in [-0.4, -0.2) is 22.3 Å². The predicted molar refractivity (Wildman–Crippen MR) is 53.6 cm³/mol. The molecule has 0 aromatic carbocycles. The summed E-state index contributed by atoms with van der Waals surface area (Å²) in [6.07, 6.45) is 3.35. The standard InChI is InChI=1S/C11H14N2O/c1-2-13-10(6-7-11(13)14)9-5-3-4-8-12-9/h3-5,8,10H,2,6-7H2,1H3/t10-/m1/s1. The Morgan fingerprint density at radius 2 is 2.43 bits per heavy atom. The van der Waals surface area contributed by atoms with Crippen molar-refractivity contribution in [2.45, 2.75) is 25.8 Å². The quantitative estimate of drug-likeness (QED) is 0.712. The van der Waals surface area contributed by atoms with E-state index in [0.717, 1.165) is 18.7 Å². The van der Waals surface area contributed by atoms with Gasteiger partial charge in [-0.1, -0.05) is 6.07 Å². The molecule has 1 aliphatic heterocycles. The average molecular weight is 190 g/mol. The Balaban J connectivity index is 2.23. The van der Waals surface area contributed by atoms with Crippen molar-refractivity contribution in [1.82, 2.24) is 9.88 Å². The minimum atomic E-state index is 0.203. The van der Waals surface area contributed by atoms with Crippen LogP contribution >= 0.6 is 0 Å². The number of likely N-dealkylation sites (tertiary alicyclic amines) is 1. The largest absolute Gasteiger partial charge is 0.334 e. The molecule has 0 saturated carbocycles. The monoisotopic (exact) mass is 190 g/mol. The van der Waals surface area contributed by atoms with Gasteiger partial charge in [0.1, 0.15) is 0 Å². The molecular formula is C11H14N2O. The number of hydrogen-bond donors (Lipinski definition) is 0. The zero-order valence-electron chi connectivity index (χ0n) is 8.31. The highest BCUT2D eigenvalue weighted by Gasteiger charge is 2.31. The molecule has 0 aliphatic carbocycles. The van der Waals surface area contributed by atoms with Crippen molar-refractivity contribution in [2.24, 2.45) is 0 Å². The maximum atomic E-state index is 11.5. The number of carbonyl (C=O) groups is 1. The number of rotatable bonds is 2. The molecule has 1 aromatic heterocycles. The van der Waals surface area contributed by atoms with E-state index in [9.17, 15) is 4.79 Å². The fourth-order valence-corrected chi connectivity index (χ4v) is 2.01. The highest BCUT2D eigenvalue weighted by Crippen LogP contribution is 2.30. The highest BCUT2D eigenvalue weighted by molar-refractivity contribution is 5.78. The van der Waals surface area contributed by atoms with Crippen molar-refractivity contribution in [3.8, 4) is 0 Å². The molecule has 0 spiro atoms. The SMILES string of the molecule is CCN1C(=O)CC[C@@H]1c1ccccn1. The fraction of sp³-hybridized carbons (Fsp3) is 0.455. The van der Waals surface area contributed by atoms with E-state index in [1.807, 2.05) is 30.0 Å². The third kappa shape index (κ3) is 1.50. The number of amides is 1. The van der Waals surface area contributed by atoms with Gasteiger partial charge in [0.25, 0.3) is 0 Å². The molecule has 14 heavy (non-hydrogen) atoms. The number of nitrogens with zero attached hydrogens (tertiary/aromatic N) is 2. The zero-order chi connectivity index (χ0) is 9.97. The molecule has 0 radical (unpaired) electrons. The first-order valence-corrected chi connectivity index (χ1v) is 5.03. The van der Waals surface area contributed by atoms with Crippen molar-refractivity contribution >= 4 is 5.91 Å². The normalized spacial score (nSPS) is 21.6. The van der Waals surface area contributed by atoms with Gasteiger partial charge in [0.05, 0.1) is 11.7 Å². The van der Waals surface area contributed by atoms with Crippen LogP contribution in [0.4, 0.5) is 0 Å². The zero-order valence-corrected chi connectivity index (χ0v) is 8.31. The van der Waals surface area contributed by atoms with Crippen molar-refractivity contribution in [1.29, 1.82) is 0 Å². The van der Waals surface area contributed by atoms with Crippen molar-refractivity contribution in [3.63, 3.8) is 0 Å². The van der Waals surface area contributed by atoms with E-state index in [-0.39, 0.29) is 11.9 Å². The summed E-state index contributed by atoms with van der Waals surface area (Å²) >= 11 is 0. The van der Waals surface area contributed by atoms with Crippen LogP contribution in [0, 0.1) is 0 Å². The minimum Gasteiger partial charge on any atom is -0.334 e. The van der Waals surface area contributed by atoms with Crippen LogP contribution in [0.15, 0.2) is 24.4 Å². The first-order valence-electron chi connectivity index (χ1n) is 5.03. The third-order valence-corrected chi connectivity index (χ3v) is 2.70. The lowest BCUT2D eigenvalue weighted by atomic mass is 10.1. The van der Waals surface area contributed by atoms with Gasteiger partial charge < -0.3 is 4.90 Å². The second kappa shape index (κ2) is 3.78. The van der Waals surface area contributed by atoms with Gasteiger partial charge in [-0.05, 0) is 25.5 Å². The maximum absolute atomic E-state index is 11.5. The van der Waals surface area contributed by atoms with Crippen molar-refractivity contribution < 1.29 is 4.79 Å². The van der Waals surface area contributed by atoms with E-state index in [1.54, 1.807) is 6.20 Å². The van der Waals surface area contributed by atoms with E-state index in [0.29, 0.717) is 6.42 Å². The Bertz CT molecular complexity index is 323. The van der Waals surface area contributed by atoms with Gasteiger partial charge in [-0.3, -0.25) is 9.78 Å². The summed E-state index contributed by atoms with van der Waals surface area (Å²) in [6, 6.07) is 6.07. The van der Waals surface area contributed by atoms with E-state index >= 15 is 0 Å². The summed E-state index contributed by atoms with van der Waals surface area (Å²) < 4.78 is 0. The van der Waals surface area contributed by atoms with Crippen LogP contribution in [0.2, 0.25) is 0 Å². The lowest BCUT2D eigenvalue weighted by Crippen LogP contribution is -2.27. The number of carbonyl (C=O) groups excluding carboxylic acids is 1. The number of pyridine rings is 1. The smallest absolute Gasteiger partial charge is 0.223 e. The Morgan fingerprint density at radius 3 is 3.07 bits per heavy atom. The van der Waals surface area contributed by atoms with E-state index in [1.165, 1.54) is 0 Å². The second-order valence-corrected chi connectivity index (χ2v) is 3.49. The van der Waals surface area contributed by atoms with E-state index in [2.05, 4.69) is 4.98 Å². The molecule has 2 heterocycles. The molecule has 3 heteroatoms. The van der Waals surface area contributed by atoms with E-state index in [4.69, 9.17) is 0 Å². The van der Waals surface area contributed by atoms with Crippen molar-refractivity contribution in [2.75, 3.05) is 6.54 Å². The molecule has 0 bridgehead atoms. The van der Waals surface area contributed by atoms with Crippen LogP contribution < -0.4 is 0 Å². The van der Waals surface area contributed by atoms with Gasteiger partial charge in [-0.2, -0.15) is 0 Å². The molecule has 1 aliphatic rings. The van der Waals surface area contributed by atoms with Crippen LogP contribution in [0.3, 0.4) is 0 Å². The second-order valence-electron chi connectivity index (χ2n) is 3.49. The minimum absolute atomic E-state index is 0.203. The lowest BCUT2D eigenvalue weighted by Gasteiger charge is -2.22. The maximum Gasteiger partial charge on any atom is 0.223 e. The fourth-order valence-electron chi connectivity index (χ4n) is 2.01. The summed E-state index contributed by atoms with van der Waals surface area (Å²) in [5.74, 6) is 0.253. The summed E-state index contributed by atoms with van der Waals surface area (Å²) in [5.41, 5.74) is 1.01. The first kappa shape index (κ1) is 9.19. The Labute approximate surface area is 83.8 Å². The summed E-state index contributed by atoms with van der Waals surface area (Å²) in [7, 11) is 0. The van der Waals surface area contributed by atoms with E-state index < -0.39 is 0 Å². The lowest BCUT2D eigenvalue weighted by molar-refractivity contribution is -0.128. The Kier molecular flexibility index (Phi) is 2.48. The molecule has 2 rings (SSSR count). The van der Waals surface area contributed by atoms with Gasteiger partial charge in [0.15, 0.2) is 0 Å². The van der Waals surface area contributed by atoms with Crippen LogP contribution in [-0.2, 0) is 4.79 Å². The van der Waals surface area contributed by atoms with Gasteiger partial charge in [0.2, 0.25) is 5.91 Å². The van der Waals surface area contributed by atoms with Crippen LogP contribution in [0.1, 0.15) is 31.5 Å². The molecular weight excluding hydrogens is 176 g/mol. The first-order chi connectivity index (χ1) is 6.83. The van der Waals surface area contributed by atoms with Gasteiger partial charge in [0, 0.05) is 19.2 Å². The number of hydrogen-bond acceptors (Lipinski definition) is 2. The Hall–Kier alpha value is -1.38. The molecule has 0 unspecified atom stereocenters. The third-order valence-electron chi connectivity index (χ3n) is 2.70. The van der Waals surface area contributed by atoms with Crippen LogP contribution in [0.5, 0.6) is 0 Å². The molecule has 1 aromatic rings. The molecule has 1 fully saturated rings. The molecule has 3 nitrogen and oxygen atoms in total. The summed E-state index contributed by atoms with van der Waals surface area (Å²) in [4.78, 5) is 17.7. The average Bonchev–Trinajstić information content (AvgIpc) is 2.61. The van der Waals surface area contributed by atoms with Crippen LogP contribution in [0.25, 0.3) is 0 Å². The van der Waals surface area contributed by atoms with Gasteiger partial charge in [-0.15, -0.1) is 0 Å². The molecule has 1 saturated heterocycles. The van der Waals surface area contributed by atoms with Crippen molar-refractivity contribution in [3.05, 3.63) is 30.1 Å². The summed E-state index contributed by atoms with van der Waals surface area (Å²) in [5, 5.41) is 0. The van der Waals surface area contributed by atoms with Gasteiger partial charge >= 0.3 is 0 Å². The molecule has 1 atom stereocenters. The highest BCUT2D eigenvalue weighted by atomic mass is 16.2. The molecule has 74 valence electrons. The topological polar surface area (TPSA) is 33.2 Å². The number of aromatic nitrogens is 1.